The molecule has 0 atom stereocenters. The molecule has 2 rings (SSSR count). The maximum Gasteiger partial charge on any atom is 0.471 e. The molecule has 2 heterocycles. The van der Waals surface area contributed by atoms with Crippen LogP contribution in [-0.4, -0.2) is 73.0 Å². The molecule has 0 unspecified atom stereocenters. The molecule has 0 N–H and O–H groups in total. The highest BCUT2D eigenvalue weighted by atomic mass is 32.1. The fraction of sp³-hybridized carbons (Fsp3) is 0.588. The summed E-state index contributed by atoms with van der Waals surface area (Å²) in [6, 6.07) is 3.17. The van der Waals surface area contributed by atoms with Crippen LogP contribution in [0.4, 0.5) is 18.0 Å². The SMILES string of the molecule is CCN(Cc1ccc(-c2noc(C(F)(F)F)n2)s1)C(=O)N(CCOC)CCOC. The predicted molar refractivity (Wildman–Crippen MR) is 99.4 cm³/mol. The minimum Gasteiger partial charge on any atom is -0.383 e. The van der Waals surface area contributed by atoms with Crippen molar-refractivity contribution < 1.29 is 32.0 Å². The number of halogens is 3. The molecule has 0 spiro atoms. The highest BCUT2D eigenvalue weighted by Crippen LogP contribution is 2.32. The van der Waals surface area contributed by atoms with Gasteiger partial charge in [0.05, 0.1) is 24.6 Å². The number of rotatable bonds is 10. The van der Waals surface area contributed by atoms with Crippen LogP contribution in [0, 0.1) is 0 Å². The number of aromatic nitrogens is 2. The van der Waals surface area contributed by atoms with Crippen molar-refractivity contribution in [3.05, 3.63) is 22.9 Å². The highest BCUT2D eigenvalue weighted by molar-refractivity contribution is 7.15. The van der Waals surface area contributed by atoms with E-state index in [1.807, 2.05) is 6.92 Å². The van der Waals surface area contributed by atoms with E-state index < -0.39 is 12.1 Å². The van der Waals surface area contributed by atoms with Crippen LogP contribution in [0.5, 0.6) is 0 Å². The Morgan fingerprint density at radius 3 is 2.34 bits per heavy atom. The van der Waals surface area contributed by atoms with E-state index >= 15 is 0 Å². The summed E-state index contributed by atoms with van der Waals surface area (Å²) in [5.41, 5.74) is 0. The van der Waals surface area contributed by atoms with E-state index in [2.05, 4.69) is 14.7 Å². The molecule has 0 saturated carbocycles. The van der Waals surface area contributed by atoms with Crippen LogP contribution in [0.1, 0.15) is 17.7 Å². The van der Waals surface area contributed by atoms with E-state index in [1.165, 1.54) is 11.3 Å². The molecule has 162 valence electrons. The highest BCUT2D eigenvalue weighted by Gasteiger charge is 2.38. The van der Waals surface area contributed by atoms with Crippen molar-refractivity contribution in [2.24, 2.45) is 0 Å². The zero-order chi connectivity index (χ0) is 21.4. The molecule has 0 saturated heterocycles. The summed E-state index contributed by atoms with van der Waals surface area (Å²) < 4.78 is 52.2. The van der Waals surface area contributed by atoms with Gasteiger partial charge in [-0.25, -0.2) is 4.79 Å². The normalized spacial score (nSPS) is 11.7. The van der Waals surface area contributed by atoms with E-state index in [-0.39, 0.29) is 11.9 Å². The van der Waals surface area contributed by atoms with Crippen molar-refractivity contribution in [3.63, 3.8) is 0 Å². The van der Waals surface area contributed by atoms with E-state index in [9.17, 15) is 18.0 Å². The van der Waals surface area contributed by atoms with Crippen molar-refractivity contribution in [1.82, 2.24) is 19.9 Å². The maximum atomic E-state index is 12.9. The molecule has 0 aliphatic heterocycles. The van der Waals surface area contributed by atoms with Gasteiger partial charge < -0.3 is 23.8 Å². The number of methoxy groups -OCH3 is 2. The zero-order valence-electron chi connectivity index (χ0n) is 16.4. The topological polar surface area (TPSA) is 80.9 Å². The first-order valence-corrected chi connectivity index (χ1v) is 9.63. The van der Waals surface area contributed by atoms with Crippen LogP contribution in [0.25, 0.3) is 10.7 Å². The Kier molecular flexibility index (Phi) is 8.41. The van der Waals surface area contributed by atoms with Crippen molar-refractivity contribution in [2.45, 2.75) is 19.6 Å². The van der Waals surface area contributed by atoms with Gasteiger partial charge in [0.2, 0.25) is 5.82 Å². The first-order chi connectivity index (χ1) is 13.8. The monoisotopic (exact) mass is 436 g/mol. The van der Waals surface area contributed by atoms with Gasteiger partial charge in [-0.15, -0.1) is 11.3 Å². The third-order valence-electron chi connectivity index (χ3n) is 3.95. The summed E-state index contributed by atoms with van der Waals surface area (Å²) in [6.45, 7) is 4.27. The van der Waals surface area contributed by atoms with Gasteiger partial charge in [0, 0.05) is 38.7 Å². The second-order valence-electron chi connectivity index (χ2n) is 5.96. The predicted octanol–water partition coefficient (Wildman–Crippen LogP) is 3.35. The molecule has 8 nitrogen and oxygen atoms in total. The van der Waals surface area contributed by atoms with E-state index in [0.29, 0.717) is 44.3 Å². The molecular formula is C17H23F3N4O4S. The third-order valence-corrected chi connectivity index (χ3v) is 5.02. The van der Waals surface area contributed by atoms with Gasteiger partial charge in [-0.05, 0) is 19.1 Å². The Hall–Kier alpha value is -2.18. The fourth-order valence-electron chi connectivity index (χ4n) is 2.43. The van der Waals surface area contributed by atoms with Gasteiger partial charge in [-0.2, -0.15) is 18.2 Å². The number of urea groups is 1. The minimum atomic E-state index is -4.69. The van der Waals surface area contributed by atoms with Crippen LogP contribution >= 0.6 is 11.3 Å². The Morgan fingerprint density at radius 2 is 1.83 bits per heavy atom. The number of thiophene rings is 1. The maximum absolute atomic E-state index is 12.9. The van der Waals surface area contributed by atoms with Gasteiger partial charge in [0.1, 0.15) is 0 Å². The summed E-state index contributed by atoms with van der Waals surface area (Å²) in [6.07, 6.45) is -4.69. The molecular weight excluding hydrogens is 413 g/mol. The lowest BCUT2D eigenvalue weighted by molar-refractivity contribution is -0.159. The number of hydrogen-bond acceptors (Lipinski definition) is 7. The van der Waals surface area contributed by atoms with Crippen LogP contribution in [-0.2, 0) is 22.2 Å². The Morgan fingerprint density at radius 1 is 1.17 bits per heavy atom. The first-order valence-electron chi connectivity index (χ1n) is 8.81. The van der Waals surface area contributed by atoms with Crippen LogP contribution in [0.15, 0.2) is 16.7 Å². The Balaban J connectivity index is 2.08. The smallest absolute Gasteiger partial charge is 0.383 e. The summed E-state index contributed by atoms with van der Waals surface area (Å²) >= 11 is 1.20. The molecule has 2 aromatic heterocycles. The second kappa shape index (κ2) is 10.6. The number of carbonyl (C=O) groups is 1. The average molecular weight is 436 g/mol. The first kappa shape index (κ1) is 23.1. The fourth-order valence-corrected chi connectivity index (χ4v) is 3.38. The summed E-state index contributed by atoms with van der Waals surface area (Å²) in [5, 5.41) is 3.38. The minimum absolute atomic E-state index is 0.134. The molecule has 0 radical (unpaired) electrons. The largest absolute Gasteiger partial charge is 0.471 e. The number of alkyl halides is 3. The van der Waals surface area contributed by atoms with Crippen molar-refractivity contribution in [1.29, 1.82) is 0 Å². The molecule has 0 fully saturated rings. The van der Waals surface area contributed by atoms with Gasteiger partial charge in [-0.3, -0.25) is 0 Å². The van der Waals surface area contributed by atoms with E-state index in [0.717, 1.165) is 4.88 Å². The molecule has 12 heteroatoms. The molecule has 0 aromatic carbocycles. The summed E-state index contributed by atoms with van der Waals surface area (Å²) in [4.78, 5) is 20.7. The van der Waals surface area contributed by atoms with Crippen molar-refractivity contribution >= 4 is 17.4 Å². The van der Waals surface area contributed by atoms with Crippen molar-refractivity contribution in [2.75, 3.05) is 47.1 Å². The number of ether oxygens (including phenoxy) is 2. The van der Waals surface area contributed by atoms with Crippen LogP contribution in [0.2, 0.25) is 0 Å². The zero-order valence-corrected chi connectivity index (χ0v) is 17.2. The quantitative estimate of drug-likeness (QED) is 0.568. The lowest BCUT2D eigenvalue weighted by Crippen LogP contribution is -2.45. The molecule has 0 bridgehead atoms. The standard InChI is InChI=1S/C17H23F3N4O4S/c1-4-23(16(25)24(7-9-26-2)8-10-27-3)11-12-5-6-13(29-12)14-21-15(28-22-14)17(18,19)20/h5-6H,4,7-11H2,1-3H3. The second-order valence-corrected chi connectivity index (χ2v) is 7.12. The molecule has 2 aromatic rings. The molecule has 0 aliphatic rings. The van der Waals surface area contributed by atoms with Crippen LogP contribution < -0.4 is 0 Å². The van der Waals surface area contributed by atoms with Gasteiger partial charge >= 0.3 is 18.1 Å². The lowest BCUT2D eigenvalue weighted by atomic mass is 10.3. The third kappa shape index (κ3) is 6.41. The average Bonchev–Trinajstić information content (AvgIpc) is 3.35. The number of hydrogen-bond donors (Lipinski definition) is 0. The number of nitrogens with zero attached hydrogens (tertiary/aromatic N) is 4. The lowest BCUT2D eigenvalue weighted by Gasteiger charge is -2.29. The van der Waals surface area contributed by atoms with Crippen LogP contribution in [0.3, 0.4) is 0 Å². The molecule has 0 aliphatic carbocycles. The van der Waals surface area contributed by atoms with Gasteiger partial charge in [-0.1, -0.05) is 5.16 Å². The van der Waals surface area contributed by atoms with Crippen molar-refractivity contribution in [3.8, 4) is 10.7 Å². The molecule has 29 heavy (non-hydrogen) atoms. The molecule has 2 amide bonds. The summed E-state index contributed by atoms with van der Waals surface area (Å²) in [5.74, 6) is -1.52. The summed E-state index contributed by atoms with van der Waals surface area (Å²) in [7, 11) is 3.12. The van der Waals surface area contributed by atoms with Gasteiger partial charge in [0.25, 0.3) is 0 Å². The van der Waals surface area contributed by atoms with Gasteiger partial charge in [0.15, 0.2) is 0 Å². The van der Waals surface area contributed by atoms with E-state index in [4.69, 9.17) is 9.47 Å². The Bertz CT molecular complexity index is 773. The van der Waals surface area contributed by atoms with E-state index in [1.54, 1.807) is 36.2 Å². The Labute approximate surface area is 170 Å². The number of carbonyl (C=O) groups excluding carboxylic acids is 1. The number of amides is 2.